The Hall–Kier alpha value is -4.50. The van der Waals surface area contributed by atoms with Crippen LogP contribution in [-0.4, -0.2) is 33.9 Å². The molecule has 2 aromatic carbocycles. The first kappa shape index (κ1) is 22.9. The molecule has 4 heterocycles. The van der Waals surface area contributed by atoms with Gasteiger partial charge in [-0.05, 0) is 54.8 Å². The van der Waals surface area contributed by atoms with Gasteiger partial charge in [0.2, 0.25) is 5.78 Å². The van der Waals surface area contributed by atoms with Crippen molar-refractivity contribution in [3.05, 3.63) is 94.7 Å². The summed E-state index contributed by atoms with van der Waals surface area (Å²) in [6, 6.07) is 13.5. The van der Waals surface area contributed by atoms with Crippen LogP contribution in [0.1, 0.15) is 33.3 Å². The van der Waals surface area contributed by atoms with Gasteiger partial charge in [0.25, 0.3) is 5.91 Å². The molecule has 5 aromatic rings. The highest BCUT2D eigenvalue weighted by molar-refractivity contribution is 7.22. The van der Waals surface area contributed by atoms with E-state index in [1.54, 1.807) is 48.8 Å². The number of rotatable bonds is 5. The van der Waals surface area contributed by atoms with E-state index in [0.29, 0.717) is 27.4 Å². The number of amides is 1. The molecule has 0 bridgehead atoms. The summed E-state index contributed by atoms with van der Waals surface area (Å²) < 4.78 is 12.1. The summed E-state index contributed by atoms with van der Waals surface area (Å²) in [4.78, 5) is 37.6. The number of ether oxygens (including phenoxy) is 1. The number of carbonyl (C=O) groups is 2. The molecule has 1 aliphatic heterocycles. The van der Waals surface area contributed by atoms with Gasteiger partial charge in [-0.1, -0.05) is 35.6 Å². The molecule has 9 heteroatoms. The van der Waals surface area contributed by atoms with Gasteiger partial charge in [-0.15, -0.1) is 0 Å². The molecule has 0 saturated carbocycles. The number of aromatic nitrogens is 2. The number of hydrogen-bond donors (Lipinski definition) is 1. The number of methoxy groups -OCH3 is 1. The summed E-state index contributed by atoms with van der Waals surface area (Å²) in [5.74, 6) is -1.49. The number of hydrogen-bond acceptors (Lipinski definition) is 8. The topological polar surface area (TPSA) is 106 Å². The fourth-order valence-corrected chi connectivity index (χ4v) is 5.96. The first-order chi connectivity index (χ1) is 17.9. The minimum atomic E-state index is -0.939. The molecule has 8 nitrogen and oxygen atoms in total. The molecular weight excluding hydrogens is 490 g/mol. The lowest BCUT2D eigenvalue weighted by Crippen LogP contribution is -2.31. The number of nitrogens with zero attached hydrogens (tertiary/aromatic N) is 3. The smallest absolute Gasteiger partial charge is 0.296 e. The lowest BCUT2D eigenvalue weighted by molar-refractivity contribution is -0.117. The molecule has 3 aromatic heterocycles. The van der Waals surface area contributed by atoms with Crippen molar-refractivity contribution < 1.29 is 23.8 Å². The van der Waals surface area contributed by atoms with Crippen molar-refractivity contribution in [1.29, 1.82) is 0 Å². The molecule has 184 valence electrons. The number of aryl methyl sites for hydroxylation is 2. The molecule has 1 atom stereocenters. The van der Waals surface area contributed by atoms with Crippen LogP contribution >= 0.6 is 11.3 Å². The average Bonchev–Trinajstić information content (AvgIpc) is 3.58. The monoisotopic (exact) mass is 511 g/mol. The van der Waals surface area contributed by atoms with E-state index in [9.17, 15) is 14.7 Å². The second-order valence-corrected chi connectivity index (χ2v) is 9.88. The summed E-state index contributed by atoms with van der Waals surface area (Å²) in [5.41, 5.74) is 3.70. The van der Waals surface area contributed by atoms with Crippen LogP contribution < -0.4 is 9.64 Å². The van der Waals surface area contributed by atoms with Crippen molar-refractivity contribution in [2.75, 3.05) is 12.0 Å². The highest BCUT2D eigenvalue weighted by Crippen LogP contribution is 2.45. The summed E-state index contributed by atoms with van der Waals surface area (Å²) in [6.45, 7) is 3.96. The Morgan fingerprint density at radius 1 is 1.16 bits per heavy atom. The predicted molar refractivity (Wildman–Crippen MR) is 140 cm³/mol. The fourth-order valence-electron chi connectivity index (χ4n) is 4.79. The van der Waals surface area contributed by atoms with Crippen molar-refractivity contribution >= 4 is 49.3 Å². The van der Waals surface area contributed by atoms with Crippen LogP contribution in [0.4, 0.5) is 5.13 Å². The maximum Gasteiger partial charge on any atom is 0.296 e. The van der Waals surface area contributed by atoms with Crippen molar-refractivity contribution in [2.45, 2.75) is 19.9 Å². The number of ketones is 1. The number of anilines is 1. The SMILES string of the molecule is COc1cccc2cc(C(=O)C3=C(O)C(=O)N(c4nc5c(C)cc(C)cc5s4)C3c3cccnc3)oc12. The van der Waals surface area contributed by atoms with Gasteiger partial charge in [0, 0.05) is 17.8 Å². The minimum absolute atomic E-state index is 0.0136. The fraction of sp³-hybridized carbons (Fsp3) is 0.143. The number of carbonyl (C=O) groups excluding carboxylic acids is 2. The van der Waals surface area contributed by atoms with Crippen molar-refractivity contribution in [2.24, 2.45) is 0 Å². The van der Waals surface area contributed by atoms with Gasteiger partial charge in [-0.2, -0.15) is 0 Å². The van der Waals surface area contributed by atoms with Gasteiger partial charge in [-0.3, -0.25) is 19.5 Å². The van der Waals surface area contributed by atoms with E-state index < -0.39 is 23.5 Å². The van der Waals surface area contributed by atoms with E-state index in [-0.39, 0.29) is 11.3 Å². The van der Waals surface area contributed by atoms with Gasteiger partial charge < -0.3 is 14.3 Å². The van der Waals surface area contributed by atoms with Crippen LogP contribution in [-0.2, 0) is 4.79 Å². The zero-order valence-electron chi connectivity index (χ0n) is 20.2. The third kappa shape index (κ3) is 3.58. The van der Waals surface area contributed by atoms with E-state index in [1.165, 1.54) is 23.3 Å². The minimum Gasteiger partial charge on any atom is -0.503 e. The number of aliphatic hydroxyl groups is 1. The molecule has 0 radical (unpaired) electrons. The van der Waals surface area contributed by atoms with Crippen LogP contribution in [0.3, 0.4) is 0 Å². The second kappa shape index (κ2) is 8.56. The second-order valence-electron chi connectivity index (χ2n) is 8.87. The summed E-state index contributed by atoms with van der Waals surface area (Å²) in [7, 11) is 1.51. The average molecular weight is 512 g/mol. The maximum atomic E-state index is 13.8. The Morgan fingerprint density at radius 3 is 2.76 bits per heavy atom. The Kier molecular flexibility index (Phi) is 5.31. The van der Waals surface area contributed by atoms with E-state index in [4.69, 9.17) is 14.1 Å². The van der Waals surface area contributed by atoms with Gasteiger partial charge in [0.1, 0.15) is 0 Å². The first-order valence-electron chi connectivity index (χ1n) is 11.5. The number of thiazole rings is 1. The summed E-state index contributed by atoms with van der Waals surface area (Å²) in [5, 5.41) is 12.1. The number of furan rings is 1. The van der Waals surface area contributed by atoms with Crippen LogP contribution in [0.25, 0.3) is 21.2 Å². The predicted octanol–water partition coefficient (Wildman–Crippen LogP) is 5.85. The highest BCUT2D eigenvalue weighted by Gasteiger charge is 2.46. The molecule has 1 amide bonds. The standard InChI is InChI=1S/C28H21N3O5S/c1-14-10-15(2)22-20(11-14)37-28(30-22)31-23(17-7-5-9-29-13-17)21(25(33)27(31)34)24(32)19-12-16-6-4-8-18(35-3)26(16)36-19/h4-13,23,33H,1-3H3. The molecule has 0 fully saturated rings. The summed E-state index contributed by atoms with van der Waals surface area (Å²) >= 11 is 1.33. The van der Waals surface area contributed by atoms with Crippen LogP contribution in [0.15, 0.2) is 76.7 Å². The zero-order valence-corrected chi connectivity index (χ0v) is 21.0. The van der Waals surface area contributed by atoms with Crippen molar-refractivity contribution in [3.63, 3.8) is 0 Å². The number of para-hydroxylation sites is 1. The van der Waals surface area contributed by atoms with Crippen molar-refractivity contribution in [1.82, 2.24) is 9.97 Å². The van der Waals surface area contributed by atoms with E-state index in [0.717, 1.165) is 21.3 Å². The van der Waals surface area contributed by atoms with E-state index in [2.05, 4.69) is 4.98 Å². The number of benzene rings is 2. The van der Waals surface area contributed by atoms with Gasteiger partial charge in [0.15, 0.2) is 28.0 Å². The van der Waals surface area contributed by atoms with Gasteiger partial charge in [-0.25, -0.2) is 4.98 Å². The number of fused-ring (bicyclic) bond motifs is 2. The zero-order chi connectivity index (χ0) is 25.8. The molecule has 37 heavy (non-hydrogen) atoms. The Balaban J connectivity index is 1.51. The largest absolute Gasteiger partial charge is 0.503 e. The molecule has 1 N–H and O–H groups in total. The first-order valence-corrected chi connectivity index (χ1v) is 12.3. The molecule has 0 aliphatic carbocycles. The lowest BCUT2D eigenvalue weighted by atomic mass is 9.96. The Labute approximate surface area is 215 Å². The number of pyridine rings is 1. The molecule has 0 saturated heterocycles. The van der Waals surface area contributed by atoms with Gasteiger partial charge in [0.05, 0.1) is 28.9 Å². The highest BCUT2D eigenvalue weighted by atomic mass is 32.1. The van der Waals surface area contributed by atoms with Crippen molar-refractivity contribution in [3.8, 4) is 5.75 Å². The number of aliphatic hydroxyl groups excluding tert-OH is 1. The molecule has 0 spiro atoms. The summed E-state index contributed by atoms with van der Waals surface area (Å²) in [6.07, 6.45) is 3.17. The van der Waals surface area contributed by atoms with Crippen LogP contribution in [0.2, 0.25) is 0 Å². The van der Waals surface area contributed by atoms with Gasteiger partial charge >= 0.3 is 0 Å². The molecule has 1 unspecified atom stereocenters. The normalized spacial score (nSPS) is 15.8. The molecule has 1 aliphatic rings. The van der Waals surface area contributed by atoms with E-state index in [1.807, 2.05) is 26.0 Å². The maximum absolute atomic E-state index is 13.8. The third-order valence-electron chi connectivity index (χ3n) is 6.43. The molecular formula is C28H21N3O5S. The Morgan fingerprint density at radius 2 is 2.00 bits per heavy atom. The van der Waals surface area contributed by atoms with Crippen LogP contribution in [0.5, 0.6) is 5.75 Å². The van der Waals surface area contributed by atoms with Crippen LogP contribution in [0, 0.1) is 13.8 Å². The quantitative estimate of drug-likeness (QED) is 0.295. The lowest BCUT2D eigenvalue weighted by Gasteiger charge is -2.23. The third-order valence-corrected chi connectivity index (χ3v) is 7.43. The van der Waals surface area contributed by atoms with E-state index >= 15 is 0 Å². The Bertz CT molecular complexity index is 1750. The number of Topliss-reactive ketones (excluding diaryl/α,β-unsaturated/α-hetero) is 1. The molecule has 6 rings (SSSR count).